The van der Waals surface area contributed by atoms with Crippen LogP contribution in [0.15, 0.2) is 18.2 Å². The summed E-state index contributed by atoms with van der Waals surface area (Å²) in [6, 6.07) is 5.32. The maximum Gasteiger partial charge on any atom is 0.262 e. The molecule has 1 aromatic rings. The second kappa shape index (κ2) is 6.11. The van der Waals surface area contributed by atoms with E-state index in [0.29, 0.717) is 23.5 Å². The van der Waals surface area contributed by atoms with E-state index < -0.39 is 0 Å². The van der Waals surface area contributed by atoms with Gasteiger partial charge < -0.3 is 26.9 Å². The molecule has 0 spiro atoms. The highest BCUT2D eigenvalue weighted by molar-refractivity contribution is 6.01. The first-order valence-electron chi connectivity index (χ1n) is 7.81. The fourth-order valence-electron chi connectivity index (χ4n) is 3.62. The Labute approximate surface area is 141 Å². The van der Waals surface area contributed by atoms with Gasteiger partial charge in [-0.05, 0) is 18.2 Å². The molecule has 0 unspecified atom stereocenters. The van der Waals surface area contributed by atoms with E-state index in [0.717, 1.165) is 43.8 Å². The number of halogens is 1. The summed E-state index contributed by atoms with van der Waals surface area (Å²) in [6.07, 6.45) is 0. The van der Waals surface area contributed by atoms with E-state index in [2.05, 4.69) is 10.2 Å². The van der Waals surface area contributed by atoms with Gasteiger partial charge in [-0.2, -0.15) is 0 Å². The topological polar surface area (TPSA) is 58.6 Å². The van der Waals surface area contributed by atoms with E-state index in [1.165, 1.54) is 0 Å². The average molecular weight is 338 g/mol. The summed E-state index contributed by atoms with van der Waals surface area (Å²) in [5.74, 6) is 0.610. The van der Waals surface area contributed by atoms with Crippen molar-refractivity contribution in [1.29, 1.82) is 0 Å². The van der Waals surface area contributed by atoms with E-state index >= 15 is 0 Å². The van der Waals surface area contributed by atoms with Gasteiger partial charge in [0.1, 0.15) is 12.3 Å². The van der Waals surface area contributed by atoms with Gasteiger partial charge in [-0.1, -0.05) is 0 Å². The summed E-state index contributed by atoms with van der Waals surface area (Å²) in [5, 5.41) is 2.76. The zero-order valence-corrected chi connectivity index (χ0v) is 13.6. The molecule has 1 aromatic carbocycles. The van der Waals surface area contributed by atoms with Crippen LogP contribution in [-0.2, 0) is 4.79 Å². The molecule has 0 saturated carbocycles. The molecule has 124 valence electrons. The van der Waals surface area contributed by atoms with Gasteiger partial charge in [0.25, 0.3) is 5.91 Å². The van der Waals surface area contributed by atoms with E-state index in [1.807, 2.05) is 0 Å². The van der Waals surface area contributed by atoms with Crippen LogP contribution in [0.3, 0.4) is 0 Å². The van der Waals surface area contributed by atoms with Crippen LogP contribution in [0.1, 0.15) is 10.4 Å². The highest BCUT2D eigenvalue weighted by Crippen LogP contribution is 2.29. The van der Waals surface area contributed by atoms with Crippen molar-refractivity contribution in [1.82, 2.24) is 4.90 Å². The van der Waals surface area contributed by atoms with Crippen LogP contribution < -0.4 is 22.5 Å². The normalized spacial score (nSPS) is 28.2. The standard InChI is InChI=1S/C16H19N3O3.ClH/c20-14(10-19-6-3-18(4-7-19)5-8-19)12-1-2-15-13(9-12)17-16(21)11-22-15;/h1-2,9H,3-8,10-11H2;1H. The largest absolute Gasteiger partial charge is 1.00 e. The zero-order chi connectivity index (χ0) is 15.2. The fourth-order valence-corrected chi connectivity index (χ4v) is 3.62. The third-order valence-electron chi connectivity index (χ3n) is 5.09. The summed E-state index contributed by atoms with van der Waals surface area (Å²) in [5.41, 5.74) is 1.26. The molecule has 4 aliphatic rings. The van der Waals surface area contributed by atoms with Crippen LogP contribution in [0.5, 0.6) is 5.75 Å². The van der Waals surface area contributed by atoms with Crippen LogP contribution in [-0.4, -0.2) is 73.5 Å². The number of piperazine rings is 3. The molecule has 4 heterocycles. The number of ketones is 1. The summed E-state index contributed by atoms with van der Waals surface area (Å²) in [6.45, 7) is 7.09. The van der Waals surface area contributed by atoms with E-state index in [4.69, 9.17) is 4.74 Å². The molecule has 2 bridgehead atoms. The Kier molecular flexibility index (Phi) is 4.31. The molecule has 6 nitrogen and oxygen atoms in total. The van der Waals surface area contributed by atoms with Gasteiger partial charge in [0, 0.05) is 25.2 Å². The van der Waals surface area contributed by atoms with Crippen molar-refractivity contribution in [2.75, 3.05) is 57.7 Å². The average Bonchev–Trinajstić information content (AvgIpc) is 2.55. The first kappa shape index (κ1) is 16.2. The molecule has 3 saturated heterocycles. The SMILES string of the molecule is O=C1COc2ccc(C(=O)C[N+]34CCN(CC3)CC4)cc2N1.[Cl-]. The molecule has 5 rings (SSSR count). The molecule has 4 aliphatic heterocycles. The van der Waals surface area contributed by atoms with Crippen LogP contribution in [0.2, 0.25) is 0 Å². The lowest BCUT2D eigenvalue weighted by atomic mass is 10.0. The molecule has 0 atom stereocenters. The highest BCUT2D eigenvalue weighted by Gasteiger charge is 2.40. The minimum atomic E-state index is -0.175. The Balaban J connectivity index is 0.00000156. The third-order valence-corrected chi connectivity index (χ3v) is 5.09. The number of carbonyl (C=O) groups excluding carboxylic acids is 2. The molecule has 0 aromatic heterocycles. The third kappa shape index (κ3) is 3.06. The molecular weight excluding hydrogens is 318 g/mol. The number of nitrogens with one attached hydrogen (secondary N) is 1. The summed E-state index contributed by atoms with van der Waals surface area (Å²) in [7, 11) is 0. The predicted octanol–water partition coefficient (Wildman–Crippen LogP) is -2.65. The lowest BCUT2D eigenvalue weighted by molar-refractivity contribution is -0.933. The van der Waals surface area contributed by atoms with Gasteiger partial charge in [-0.25, -0.2) is 0 Å². The van der Waals surface area contributed by atoms with Crippen molar-refractivity contribution >= 4 is 17.4 Å². The minimum Gasteiger partial charge on any atom is -1.00 e. The van der Waals surface area contributed by atoms with Gasteiger partial charge >= 0.3 is 0 Å². The van der Waals surface area contributed by atoms with Crippen molar-refractivity contribution in [2.24, 2.45) is 0 Å². The quantitative estimate of drug-likeness (QED) is 0.483. The maximum absolute atomic E-state index is 12.7. The smallest absolute Gasteiger partial charge is 0.262 e. The first-order chi connectivity index (χ1) is 10.6. The molecule has 23 heavy (non-hydrogen) atoms. The predicted molar refractivity (Wildman–Crippen MR) is 81.1 cm³/mol. The number of Topliss-reactive ketones (excluding diaryl/α,β-unsaturated/α-hetero) is 1. The van der Waals surface area contributed by atoms with E-state index in [-0.39, 0.29) is 30.7 Å². The van der Waals surface area contributed by atoms with Crippen molar-refractivity contribution in [3.63, 3.8) is 0 Å². The monoisotopic (exact) mass is 337 g/mol. The Bertz CT molecular complexity index is 628. The number of hydrogen-bond donors (Lipinski definition) is 1. The van der Waals surface area contributed by atoms with Crippen LogP contribution in [0.4, 0.5) is 5.69 Å². The number of quaternary nitrogens is 1. The fraction of sp³-hybridized carbons (Fsp3) is 0.500. The molecule has 1 N–H and O–H groups in total. The van der Waals surface area contributed by atoms with E-state index in [9.17, 15) is 9.59 Å². The number of fused-ring (bicyclic) bond motifs is 4. The Morgan fingerprint density at radius 3 is 2.61 bits per heavy atom. The van der Waals surface area contributed by atoms with Crippen LogP contribution in [0, 0.1) is 0 Å². The van der Waals surface area contributed by atoms with Crippen LogP contribution >= 0.6 is 0 Å². The molecule has 3 fully saturated rings. The van der Waals surface area contributed by atoms with Crippen molar-refractivity contribution in [3.8, 4) is 5.75 Å². The summed E-state index contributed by atoms with van der Waals surface area (Å²) >= 11 is 0. The number of benzene rings is 1. The second-order valence-electron chi connectivity index (χ2n) is 6.48. The lowest BCUT2D eigenvalue weighted by Crippen LogP contribution is -3.00. The highest BCUT2D eigenvalue weighted by atomic mass is 35.5. The number of carbonyl (C=O) groups is 2. The minimum absolute atomic E-state index is 0. The van der Waals surface area contributed by atoms with Crippen molar-refractivity contribution in [2.45, 2.75) is 0 Å². The van der Waals surface area contributed by atoms with Crippen molar-refractivity contribution < 1.29 is 31.2 Å². The van der Waals surface area contributed by atoms with Gasteiger partial charge in [-0.3, -0.25) is 14.5 Å². The Morgan fingerprint density at radius 2 is 1.91 bits per heavy atom. The second-order valence-corrected chi connectivity index (χ2v) is 6.48. The number of rotatable bonds is 3. The van der Waals surface area contributed by atoms with E-state index in [1.54, 1.807) is 18.2 Å². The number of amides is 1. The van der Waals surface area contributed by atoms with Gasteiger partial charge in [0.2, 0.25) is 5.78 Å². The van der Waals surface area contributed by atoms with Gasteiger partial charge in [-0.15, -0.1) is 0 Å². The van der Waals surface area contributed by atoms with Gasteiger partial charge in [0.15, 0.2) is 6.61 Å². The molecule has 7 heteroatoms. The number of hydrogen-bond acceptors (Lipinski definition) is 4. The van der Waals surface area contributed by atoms with Crippen molar-refractivity contribution in [3.05, 3.63) is 23.8 Å². The van der Waals surface area contributed by atoms with Gasteiger partial charge in [0.05, 0.1) is 25.3 Å². The van der Waals surface area contributed by atoms with Crippen LogP contribution in [0.25, 0.3) is 0 Å². The first-order valence-corrected chi connectivity index (χ1v) is 7.81. The number of anilines is 1. The Morgan fingerprint density at radius 1 is 1.22 bits per heavy atom. The molecular formula is C16H20ClN3O3. The number of nitrogens with zero attached hydrogens (tertiary/aromatic N) is 2. The number of ether oxygens (including phenoxy) is 1. The molecule has 0 radical (unpaired) electrons. The maximum atomic E-state index is 12.7. The Hall–Kier alpha value is -1.63. The zero-order valence-electron chi connectivity index (χ0n) is 12.9. The summed E-state index contributed by atoms with van der Waals surface area (Å²) in [4.78, 5) is 26.5. The lowest BCUT2D eigenvalue weighted by Gasteiger charge is -2.50. The summed E-state index contributed by atoms with van der Waals surface area (Å²) < 4.78 is 6.25. The molecule has 0 aliphatic carbocycles. The molecule has 1 amide bonds.